The Hall–Kier alpha value is -2.61. The van der Waals surface area contributed by atoms with Gasteiger partial charge in [0.2, 0.25) is 0 Å². The Balaban J connectivity index is 2.18. The van der Waals surface area contributed by atoms with Crippen molar-refractivity contribution in [3.8, 4) is 11.5 Å². The van der Waals surface area contributed by atoms with E-state index < -0.39 is 0 Å². The van der Waals surface area contributed by atoms with Crippen LogP contribution in [-0.2, 0) is 6.54 Å². The molecule has 0 aliphatic carbocycles. The van der Waals surface area contributed by atoms with Crippen molar-refractivity contribution in [1.82, 2.24) is 15.2 Å². The Morgan fingerprint density at radius 3 is 2.36 bits per heavy atom. The van der Waals surface area contributed by atoms with E-state index in [2.05, 4.69) is 10.3 Å². The van der Waals surface area contributed by atoms with Gasteiger partial charge in [-0.15, -0.1) is 11.3 Å². The van der Waals surface area contributed by atoms with E-state index in [1.807, 2.05) is 13.8 Å². The summed E-state index contributed by atoms with van der Waals surface area (Å²) in [5.74, 6) is 0.799. The van der Waals surface area contributed by atoms with Crippen molar-refractivity contribution in [2.45, 2.75) is 33.2 Å². The quantitative estimate of drug-likeness (QED) is 0.656. The van der Waals surface area contributed by atoms with Crippen molar-refractivity contribution >= 4 is 23.2 Å². The topological polar surface area (TPSA) is 80.8 Å². The molecule has 0 saturated carbocycles. The van der Waals surface area contributed by atoms with Crippen molar-refractivity contribution < 1.29 is 19.1 Å². The number of carbonyl (C=O) groups is 2. The average molecular weight is 406 g/mol. The molecule has 2 rings (SSSR count). The van der Waals surface area contributed by atoms with Crippen molar-refractivity contribution in [2.24, 2.45) is 0 Å². The molecule has 0 bridgehead atoms. The SMILES string of the molecule is CCCNC(=O)c1csc(CN(CCC)C(=O)c2cc(OC)cc(OC)c2)n1. The van der Waals surface area contributed by atoms with Crippen molar-refractivity contribution in [3.63, 3.8) is 0 Å². The first-order valence-electron chi connectivity index (χ1n) is 9.27. The number of hydrogen-bond donors (Lipinski definition) is 1. The Labute approximate surface area is 169 Å². The summed E-state index contributed by atoms with van der Waals surface area (Å²) in [7, 11) is 3.10. The van der Waals surface area contributed by atoms with Gasteiger partial charge in [0.15, 0.2) is 0 Å². The van der Waals surface area contributed by atoms with Gasteiger partial charge < -0.3 is 19.7 Å². The minimum absolute atomic E-state index is 0.133. The lowest BCUT2D eigenvalue weighted by atomic mass is 10.1. The number of hydrogen-bond acceptors (Lipinski definition) is 6. The maximum atomic E-state index is 13.1. The molecule has 0 fully saturated rings. The van der Waals surface area contributed by atoms with Gasteiger partial charge in [-0.2, -0.15) is 0 Å². The molecule has 8 heteroatoms. The third-order valence-electron chi connectivity index (χ3n) is 4.03. The van der Waals surface area contributed by atoms with Crippen LogP contribution >= 0.6 is 11.3 Å². The van der Waals surface area contributed by atoms with Gasteiger partial charge >= 0.3 is 0 Å². The molecule has 152 valence electrons. The van der Waals surface area contributed by atoms with E-state index in [-0.39, 0.29) is 11.8 Å². The first-order chi connectivity index (χ1) is 13.5. The highest BCUT2D eigenvalue weighted by atomic mass is 32.1. The number of rotatable bonds is 10. The molecule has 28 heavy (non-hydrogen) atoms. The standard InChI is InChI=1S/C20H27N3O4S/c1-5-7-21-19(24)17-13-28-18(22-17)12-23(8-6-2)20(25)14-9-15(26-3)11-16(10-14)27-4/h9-11,13H,5-8,12H2,1-4H3,(H,21,24). The van der Waals surface area contributed by atoms with Crippen molar-refractivity contribution in [2.75, 3.05) is 27.3 Å². The minimum atomic E-state index is -0.185. The molecular weight excluding hydrogens is 378 g/mol. The molecule has 1 aromatic carbocycles. The largest absolute Gasteiger partial charge is 0.497 e. The lowest BCUT2D eigenvalue weighted by Gasteiger charge is -2.21. The third-order valence-corrected chi connectivity index (χ3v) is 4.86. The molecule has 0 unspecified atom stereocenters. The highest BCUT2D eigenvalue weighted by Gasteiger charge is 2.20. The minimum Gasteiger partial charge on any atom is -0.497 e. The molecule has 1 aromatic heterocycles. The first-order valence-corrected chi connectivity index (χ1v) is 10.1. The van der Waals surface area contributed by atoms with Gasteiger partial charge in [-0.25, -0.2) is 4.98 Å². The normalized spacial score (nSPS) is 10.4. The van der Waals surface area contributed by atoms with Gasteiger partial charge in [0.25, 0.3) is 11.8 Å². The zero-order valence-corrected chi connectivity index (χ0v) is 17.6. The van der Waals surface area contributed by atoms with E-state index in [0.29, 0.717) is 42.4 Å². The van der Waals surface area contributed by atoms with E-state index in [1.54, 1.807) is 42.7 Å². The van der Waals surface area contributed by atoms with E-state index in [4.69, 9.17) is 9.47 Å². The lowest BCUT2D eigenvalue weighted by Crippen LogP contribution is -2.31. The van der Waals surface area contributed by atoms with Crippen LogP contribution in [0.4, 0.5) is 0 Å². The number of nitrogens with one attached hydrogen (secondary N) is 1. The number of carbonyl (C=O) groups excluding carboxylic acids is 2. The summed E-state index contributed by atoms with van der Waals surface area (Å²) in [5.41, 5.74) is 0.877. The van der Waals surface area contributed by atoms with Gasteiger partial charge in [-0.05, 0) is 25.0 Å². The highest BCUT2D eigenvalue weighted by Crippen LogP contribution is 2.24. The monoisotopic (exact) mass is 405 g/mol. The maximum absolute atomic E-state index is 13.1. The molecule has 0 aliphatic heterocycles. The second kappa shape index (κ2) is 10.7. The summed E-state index contributed by atoms with van der Waals surface area (Å²) in [6.45, 7) is 5.55. The van der Waals surface area contributed by atoms with Gasteiger partial charge in [-0.3, -0.25) is 9.59 Å². The number of thiazole rings is 1. The molecule has 1 N–H and O–H groups in total. The van der Waals surface area contributed by atoms with Gasteiger partial charge in [0.05, 0.1) is 20.8 Å². The predicted molar refractivity (Wildman–Crippen MR) is 109 cm³/mol. The second-order valence-corrected chi connectivity index (χ2v) is 7.15. The maximum Gasteiger partial charge on any atom is 0.270 e. The fraction of sp³-hybridized carbons (Fsp3) is 0.450. The van der Waals surface area contributed by atoms with Crippen molar-refractivity contribution in [1.29, 1.82) is 0 Å². The molecule has 0 aliphatic rings. The molecule has 2 amide bonds. The van der Waals surface area contributed by atoms with Crippen LogP contribution in [0.2, 0.25) is 0 Å². The Kier molecular flexibility index (Phi) is 8.25. The predicted octanol–water partition coefficient (Wildman–Crippen LogP) is 3.35. The van der Waals surface area contributed by atoms with E-state index >= 15 is 0 Å². The summed E-state index contributed by atoms with van der Waals surface area (Å²) in [6, 6.07) is 5.11. The molecular formula is C20H27N3O4S. The molecule has 0 spiro atoms. The smallest absolute Gasteiger partial charge is 0.270 e. The van der Waals surface area contributed by atoms with Crippen LogP contribution in [0.15, 0.2) is 23.6 Å². The first kappa shape index (κ1) is 21.7. The Morgan fingerprint density at radius 2 is 1.79 bits per heavy atom. The summed E-state index contributed by atoms with van der Waals surface area (Å²) in [4.78, 5) is 31.2. The van der Waals surface area contributed by atoms with Gasteiger partial charge in [-0.1, -0.05) is 13.8 Å². The number of aromatic nitrogens is 1. The van der Waals surface area contributed by atoms with Crippen LogP contribution in [0.1, 0.15) is 52.5 Å². The second-order valence-electron chi connectivity index (χ2n) is 6.21. The third kappa shape index (κ3) is 5.69. The van der Waals surface area contributed by atoms with Crippen molar-refractivity contribution in [3.05, 3.63) is 39.8 Å². The summed E-state index contributed by atoms with van der Waals surface area (Å²) < 4.78 is 10.5. The number of nitrogens with zero attached hydrogens (tertiary/aromatic N) is 2. The lowest BCUT2D eigenvalue weighted by molar-refractivity contribution is 0.0742. The number of methoxy groups -OCH3 is 2. The number of benzene rings is 1. The highest BCUT2D eigenvalue weighted by molar-refractivity contribution is 7.09. The van der Waals surface area contributed by atoms with Gasteiger partial charge in [0, 0.05) is 30.1 Å². The fourth-order valence-electron chi connectivity index (χ4n) is 2.62. The zero-order chi connectivity index (χ0) is 20.5. The summed E-state index contributed by atoms with van der Waals surface area (Å²) in [6.07, 6.45) is 1.67. The number of ether oxygens (including phenoxy) is 2. The molecule has 0 radical (unpaired) electrons. The fourth-order valence-corrected chi connectivity index (χ4v) is 3.40. The van der Waals surface area contributed by atoms with Crippen LogP contribution in [0.3, 0.4) is 0 Å². The van der Waals surface area contributed by atoms with Gasteiger partial charge in [0.1, 0.15) is 22.2 Å². The van der Waals surface area contributed by atoms with Crippen LogP contribution < -0.4 is 14.8 Å². The molecule has 2 aromatic rings. The van der Waals surface area contributed by atoms with Crippen LogP contribution in [0.25, 0.3) is 0 Å². The Bertz CT molecular complexity index is 784. The average Bonchev–Trinajstić information content (AvgIpc) is 3.19. The molecule has 0 saturated heterocycles. The van der Waals surface area contributed by atoms with Crippen LogP contribution in [0.5, 0.6) is 11.5 Å². The zero-order valence-electron chi connectivity index (χ0n) is 16.8. The summed E-state index contributed by atoms with van der Waals surface area (Å²) >= 11 is 1.38. The van der Waals surface area contributed by atoms with E-state index in [9.17, 15) is 9.59 Å². The Morgan fingerprint density at radius 1 is 1.11 bits per heavy atom. The molecule has 1 heterocycles. The van der Waals surface area contributed by atoms with E-state index in [1.165, 1.54) is 11.3 Å². The van der Waals surface area contributed by atoms with Crippen LogP contribution in [-0.4, -0.2) is 49.0 Å². The molecule has 0 atom stereocenters. The van der Waals surface area contributed by atoms with Crippen LogP contribution in [0, 0.1) is 0 Å². The summed E-state index contributed by atoms with van der Waals surface area (Å²) in [5, 5.41) is 5.26. The number of amides is 2. The van der Waals surface area contributed by atoms with E-state index in [0.717, 1.165) is 17.8 Å². The molecule has 7 nitrogen and oxygen atoms in total.